The number of hydrazone groups is 1. The van der Waals surface area contributed by atoms with Crippen molar-refractivity contribution in [2.75, 3.05) is 0 Å². The van der Waals surface area contributed by atoms with Crippen molar-refractivity contribution in [1.82, 2.24) is 5.01 Å². The molecule has 1 aromatic rings. The molecular weight excluding hydrogens is 432 g/mol. The molecule has 5 nitrogen and oxygen atoms in total. The van der Waals surface area contributed by atoms with Crippen molar-refractivity contribution < 1.29 is 14.3 Å². The van der Waals surface area contributed by atoms with E-state index in [-0.39, 0.29) is 41.6 Å². The molecule has 7 heteroatoms. The van der Waals surface area contributed by atoms with Gasteiger partial charge in [0.05, 0.1) is 28.6 Å². The average Bonchev–Trinajstić information content (AvgIpc) is 3.30. The van der Waals surface area contributed by atoms with Crippen molar-refractivity contribution in [2.24, 2.45) is 28.8 Å². The first kappa shape index (κ1) is 18.7. The molecule has 1 saturated heterocycles. The van der Waals surface area contributed by atoms with Crippen LogP contribution >= 0.6 is 27.5 Å². The van der Waals surface area contributed by atoms with E-state index in [4.69, 9.17) is 16.3 Å². The lowest BCUT2D eigenvalue weighted by atomic mass is 9.85. The molecule has 2 amide bonds. The number of hydrogen-bond acceptors (Lipinski definition) is 4. The number of amides is 2. The molecule has 1 heterocycles. The molecule has 0 unspecified atom stereocenters. The van der Waals surface area contributed by atoms with Crippen LogP contribution in [0.1, 0.15) is 32.3 Å². The van der Waals surface area contributed by atoms with E-state index in [1.807, 2.05) is 13.8 Å². The van der Waals surface area contributed by atoms with Gasteiger partial charge in [-0.25, -0.2) is 0 Å². The minimum Gasteiger partial charge on any atom is -0.489 e. The Morgan fingerprint density at radius 2 is 1.93 bits per heavy atom. The molecule has 1 aliphatic heterocycles. The van der Waals surface area contributed by atoms with Gasteiger partial charge in [0.15, 0.2) is 0 Å². The first-order valence-corrected chi connectivity index (χ1v) is 10.3. The van der Waals surface area contributed by atoms with E-state index < -0.39 is 0 Å². The number of nitrogens with zero attached hydrogens (tertiary/aromatic N) is 2. The molecule has 0 N–H and O–H groups in total. The monoisotopic (exact) mass is 450 g/mol. The van der Waals surface area contributed by atoms with E-state index in [1.54, 1.807) is 12.1 Å². The van der Waals surface area contributed by atoms with Crippen molar-refractivity contribution in [1.29, 1.82) is 0 Å². The minimum absolute atomic E-state index is 0.00531. The van der Waals surface area contributed by atoms with Crippen molar-refractivity contribution >= 4 is 45.6 Å². The van der Waals surface area contributed by atoms with Crippen LogP contribution in [0.25, 0.3) is 0 Å². The summed E-state index contributed by atoms with van der Waals surface area (Å²) in [6.45, 7) is 4.00. The Balaban J connectivity index is 1.62. The van der Waals surface area contributed by atoms with Crippen molar-refractivity contribution in [3.8, 4) is 5.75 Å². The topological polar surface area (TPSA) is 59.0 Å². The van der Waals surface area contributed by atoms with Crippen LogP contribution in [0, 0.1) is 23.7 Å². The van der Waals surface area contributed by atoms with E-state index >= 15 is 0 Å². The summed E-state index contributed by atoms with van der Waals surface area (Å²) in [5, 5.41) is 5.78. The number of carbonyl (C=O) groups is 2. The molecule has 0 radical (unpaired) electrons. The number of hydrogen-bond donors (Lipinski definition) is 0. The number of imide groups is 1. The molecule has 1 aromatic carbocycles. The van der Waals surface area contributed by atoms with Crippen LogP contribution in [-0.4, -0.2) is 29.1 Å². The predicted molar refractivity (Wildman–Crippen MR) is 107 cm³/mol. The average molecular weight is 452 g/mol. The van der Waals surface area contributed by atoms with Gasteiger partial charge in [-0.15, -0.1) is 0 Å². The second-order valence-electron chi connectivity index (χ2n) is 7.38. The maximum atomic E-state index is 12.7. The highest BCUT2D eigenvalue weighted by Gasteiger charge is 2.59. The lowest BCUT2D eigenvalue weighted by Gasteiger charge is -2.17. The molecule has 0 spiro atoms. The molecule has 27 heavy (non-hydrogen) atoms. The zero-order valence-electron chi connectivity index (χ0n) is 15.1. The van der Waals surface area contributed by atoms with Gasteiger partial charge in [0.2, 0.25) is 0 Å². The first-order valence-electron chi connectivity index (χ1n) is 9.16. The Labute approximate surface area is 171 Å². The minimum atomic E-state index is -0.258. The smallest absolute Gasteiger partial charge is 0.254 e. The van der Waals surface area contributed by atoms with Gasteiger partial charge in [0.1, 0.15) is 5.75 Å². The fraction of sp³-hybridized carbons (Fsp3) is 0.450. The van der Waals surface area contributed by atoms with E-state index in [0.29, 0.717) is 20.8 Å². The van der Waals surface area contributed by atoms with Crippen LogP contribution in [0.5, 0.6) is 5.75 Å². The number of halogens is 2. The Morgan fingerprint density at radius 1 is 1.30 bits per heavy atom. The Morgan fingerprint density at radius 3 is 2.52 bits per heavy atom. The van der Waals surface area contributed by atoms with Crippen LogP contribution in [0.15, 0.2) is 33.9 Å². The highest BCUT2D eigenvalue weighted by Crippen LogP contribution is 2.52. The SMILES string of the molecule is CC[C@@H](C)Oc1c(Br)cc(Cl)cc1C=NN1C(=O)[C@@H]2[C@H](C1=O)[C@H]1C=C[C@H]2C1. The number of benzene rings is 1. The van der Waals surface area contributed by atoms with Gasteiger partial charge >= 0.3 is 0 Å². The summed E-state index contributed by atoms with van der Waals surface area (Å²) in [7, 11) is 0. The number of rotatable bonds is 5. The quantitative estimate of drug-likeness (QED) is 0.378. The van der Waals surface area contributed by atoms with E-state index in [9.17, 15) is 9.59 Å². The normalized spacial score (nSPS) is 29.9. The first-order chi connectivity index (χ1) is 12.9. The summed E-state index contributed by atoms with van der Waals surface area (Å²) in [6.07, 6.45) is 7.37. The number of allylic oxidation sites excluding steroid dienone is 2. The Hall–Kier alpha value is -1.66. The van der Waals surface area contributed by atoms with Crippen molar-refractivity contribution in [3.05, 3.63) is 39.3 Å². The summed E-state index contributed by atoms with van der Waals surface area (Å²) in [6, 6.07) is 3.46. The third-order valence-corrected chi connectivity index (χ3v) is 6.50. The zero-order valence-corrected chi connectivity index (χ0v) is 17.4. The molecule has 2 aliphatic carbocycles. The number of ether oxygens (including phenoxy) is 1. The largest absolute Gasteiger partial charge is 0.489 e. The molecule has 2 fully saturated rings. The molecular formula is C20H20BrClN2O3. The summed E-state index contributed by atoms with van der Waals surface area (Å²) in [4.78, 5) is 25.5. The molecule has 1 saturated carbocycles. The number of fused-ring (bicyclic) bond motifs is 5. The second-order valence-corrected chi connectivity index (χ2v) is 8.67. The lowest BCUT2D eigenvalue weighted by molar-refractivity contribution is -0.140. The van der Waals surface area contributed by atoms with Gasteiger partial charge in [-0.05, 0) is 59.7 Å². The van der Waals surface area contributed by atoms with Gasteiger partial charge in [-0.1, -0.05) is 30.7 Å². The molecule has 5 atom stereocenters. The van der Waals surface area contributed by atoms with E-state index in [2.05, 4.69) is 33.2 Å². The third kappa shape index (κ3) is 3.13. The van der Waals surface area contributed by atoms with Crippen molar-refractivity contribution in [3.63, 3.8) is 0 Å². The zero-order chi connectivity index (χ0) is 19.3. The second kappa shape index (κ2) is 7.06. The molecule has 3 aliphatic rings. The predicted octanol–water partition coefficient (Wildman–Crippen LogP) is 4.42. The van der Waals surface area contributed by atoms with Gasteiger partial charge in [-0.3, -0.25) is 9.59 Å². The lowest BCUT2D eigenvalue weighted by Crippen LogP contribution is -2.28. The Bertz CT molecular complexity index is 839. The van der Waals surface area contributed by atoms with Crippen LogP contribution in [-0.2, 0) is 9.59 Å². The maximum Gasteiger partial charge on any atom is 0.254 e. The van der Waals surface area contributed by atoms with Crippen LogP contribution < -0.4 is 4.74 Å². The van der Waals surface area contributed by atoms with Crippen LogP contribution in [0.2, 0.25) is 5.02 Å². The summed E-state index contributed by atoms with van der Waals surface area (Å²) in [5.74, 6) is 0.00592. The van der Waals surface area contributed by atoms with E-state index in [1.165, 1.54) is 6.21 Å². The molecule has 2 bridgehead atoms. The van der Waals surface area contributed by atoms with Gasteiger partial charge in [0, 0.05) is 10.6 Å². The van der Waals surface area contributed by atoms with E-state index in [0.717, 1.165) is 17.9 Å². The van der Waals surface area contributed by atoms with Crippen LogP contribution in [0.4, 0.5) is 0 Å². The summed E-state index contributed by atoms with van der Waals surface area (Å²) in [5.41, 5.74) is 0.619. The number of carbonyl (C=O) groups excluding carboxylic acids is 2. The summed E-state index contributed by atoms with van der Waals surface area (Å²) < 4.78 is 6.68. The highest BCUT2D eigenvalue weighted by molar-refractivity contribution is 9.10. The fourth-order valence-corrected chi connectivity index (χ4v) is 5.13. The summed E-state index contributed by atoms with van der Waals surface area (Å²) >= 11 is 9.64. The Kier molecular flexibility index (Phi) is 4.89. The molecule has 142 valence electrons. The fourth-order valence-electron chi connectivity index (χ4n) is 4.21. The maximum absolute atomic E-state index is 12.7. The standard InChI is InChI=1S/C20H20BrClN2O3/c1-3-10(2)27-18-13(7-14(22)8-15(18)21)9-23-24-19(25)16-11-4-5-12(6-11)17(16)20(24)26/h4-5,7-12,16-17H,3,6H2,1-2H3/t10-,11+,12+,16-,17+/m1/s1. The molecule has 0 aromatic heterocycles. The van der Waals surface area contributed by atoms with Gasteiger partial charge < -0.3 is 4.74 Å². The van der Waals surface area contributed by atoms with Crippen molar-refractivity contribution in [2.45, 2.75) is 32.8 Å². The van der Waals surface area contributed by atoms with Gasteiger partial charge in [0.25, 0.3) is 11.8 Å². The third-order valence-electron chi connectivity index (χ3n) is 5.69. The highest BCUT2D eigenvalue weighted by atomic mass is 79.9. The molecule has 4 rings (SSSR count). The van der Waals surface area contributed by atoms with Gasteiger partial charge in [-0.2, -0.15) is 10.1 Å². The van der Waals surface area contributed by atoms with Crippen LogP contribution in [0.3, 0.4) is 0 Å².